The van der Waals surface area contributed by atoms with Crippen LogP contribution in [0.1, 0.15) is 43.0 Å². The van der Waals surface area contributed by atoms with Crippen LogP contribution in [0.2, 0.25) is 0 Å². The van der Waals surface area contributed by atoms with Gasteiger partial charge >= 0.3 is 0 Å². The second-order valence-electron chi connectivity index (χ2n) is 7.58. The normalized spacial score (nSPS) is 15.8. The number of aryl methyl sites for hydroxylation is 1. The molecule has 0 radical (unpaired) electrons. The van der Waals surface area contributed by atoms with Gasteiger partial charge in [-0.3, -0.25) is 4.99 Å². The van der Waals surface area contributed by atoms with Gasteiger partial charge in [0.25, 0.3) is 0 Å². The number of aliphatic imine (C=N–C) groups is 1. The maximum Gasteiger partial charge on any atom is 0.191 e. The summed E-state index contributed by atoms with van der Waals surface area (Å²) in [5.74, 6) is 1.78. The Bertz CT molecular complexity index is 804. The first kappa shape index (κ1) is 25.9. The molecule has 3 rings (SSSR count). The first-order chi connectivity index (χ1) is 14.6. The zero-order valence-electron chi connectivity index (χ0n) is 18.8. The number of hydrogen-bond acceptors (Lipinski definition) is 5. The third-order valence-electron chi connectivity index (χ3n) is 5.45. The molecule has 0 unspecified atom stereocenters. The molecule has 1 aliphatic rings. The zero-order valence-corrected chi connectivity index (χ0v) is 21.9. The van der Waals surface area contributed by atoms with E-state index >= 15 is 0 Å². The number of ether oxygens (including phenoxy) is 2. The van der Waals surface area contributed by atoms with Crippen LogP contribution in [0.5, 0.6) is 5.75 Å². The lowest BCUT2D eigenvalue weighted by Gasteiger charge is -2.36. The van der Waals surface area contributed by atoms with Crippen molar-refractivity contribution in [3.05, 3.63) is 45.9 Å². The van der Waals surface area contributed by atoms with Crippen LogP contribution in [-0.4, -0.2) is 50.4 Å². The Balaban J connectivity index is 0.00000341. The Hall–Kier alpha value is -1.39. The molecule has 6 nitrogen and oxygen atoms in total. The molecular formula is C23H35IN4O2S. The molecule has 1 aromatic heterocycles. The van der Waals surface area contributed by atoms with E-state index in [1.165, 1.54) is 5.56 Å². The van der Waals surface area contributed by atoms with E-state index in [1.54, 1.807) is 11.3 Å². The van der Waals surface area contributed by atoms with Gasteiger partial charge in [0.05, 0.1) is 23.9 Å². The lowest BCUT2D eigenvalue weighted by Crippen LogP contribution is -2.41. The molecule has 8 heteroatoms. The number of thiazole rings is 1. The first-order valence-electron chi connectivity index (χ1n) is 10.9. The van der Waals surface area contributed by atoms with Crippen LogP contribution in [-0.2, 0) is 16.6 Å². The van der Waals surface area contributed by atoms with Gasteiger partial charge in [0, 0.05) is 43.5 Å². The van der Waals surface area contributed by atoms with Gasteiger partial charge in [0.1, 0.15) is 5.75 Å². The summed E-state index contributed by atoms with van der Waals surface area (Å²) in [5.41, 5.74) is 2.44. The minimum atomic E-state index is -0.00261. The van der Waals surface area contributed by atoms with E-state index in [1.807, 2.05) is 13.8 Å². The van der Waals surface area contributed by atoms with Crippen molar-refractivity contribution >= 4 is 41.3 Å². The van der Waals surface area contributed by atoms with Crippen molar-refractivity contribution in [1.82, 2.24) is 15.6 Å². The standard InChI is InChI=1S/C23H34N4O2S.HI/c1-4-24-22(25-13-10-20-16-30-18(3)27-20)26-17-23(11-14-28-15-12-23)19-6-8-21(9-7-19)29-5-2;/h6-9,16H,4-5,10-15,17H2,1-3H3,(H2,24,25,26);1H. The molecule has 1 saturated heterocycles. The van der Waals surface area contributed by atoms with Crippen molar-refractivity contribution in [1.29, 1.82) is 0 Å². The van der Waals surface area contributed by atoms with Crippen LogP contribution in [0.3, 0.4) is 0 Å². The van der Waals surface area contributed by atoms with E-state index in [2.05, 4.69) is 52.2 Å². The highest BCUT2D eigenvalue weighted by atomic mass is 127. The van der Waals surface area contributed by atoms with E-state index in [9.17, 15) is 0 Å². The fourth-order valence-electron chi connectivity index (χ4n) is 3.78. The molecule has 2 aromatic rings. The average molecular weight is 559 g/mol. The number of aromatic nitrogens is 1. The number of benzene rings is 1. The Morgan fingerprint density at radius 3 is 2.55 bits per heavy atom. The minimum absolute atomic E-state index is 0. The maximum absolute atomic E-state index is 5.67. The molecule has 0 spiro atoms. The van der Waals surface area contributed by atoms with Crippen LogP contribution in [0.4, 0.5) is 0 Å². The van der Waals surface area contributed by atoms with Crippen molar-refractivity contribution in [2.45, 2.75) is 45.4 Å². The van der Waals surface area contributed by atoms with E-state index in [0.29, 0.717) is 6.61 Å². The fourth-order valence-corrected chi connectivity index (χ4v) is 4.42. The summed E-state index contributed by atoms with van der Waals surface area (Å²) in [6.45, 7) is 10.8. The number of halogens is 1. The van der Waals surface area contributed by atoms with Crippen LogP contribution in [0.25, 0.3) is 0 Å². The molecule has 2 heterocycles. The van der Waals surface area contributed by atoms with Crippen molar-refractivity contribution in [2.24, 2.45) is 4.99 Å². The topological polar surface area (TPSA) is 67.8 Å². The van der Waals surface area contributed by atoms with E-state index in [4.69, 9.17) is 14.5 Å². The summed E-state index contributed by atoms with van der Waals surface area (Å²) in [6.07, 6.45) is 2.84. The number of nitrogens with zero attached hydrogens (tertiary/aromatic N) is 2. The van der Waals surface area contributed by atoms with Gasteiger partial charge in [-0.15, -0.1) is 35.3 Å². The molecule has 0 atom stereocenters. The molecule has 31 heavy (non-hydrogen) atoms. The fraction of sp³-hybridized carbons (Fsp3) is 0.565. The highest BCUT2D eigenvalue weighted by Gasteiger charge is 2.34. The summed E-state index contributed by atoms with van der Waals surface area (Å²) < 4.78 is 11.3. The molecule has 1 aliphatic heterocycles. The van der Waals surface area contributed by atoms with Crippen molar-refractivity contribution in [2.75, 3.05) is 39.5 Å². The third kappa shape index (κ3) is 7.61. The summed E-state index contributed by atoms with van der Waals surface area (Å²) in [4.78, 5) is 9.51. The monoisotopic (exact) mass is 558 g/mol. The third-order valence-corrected chi connectivity index (χ3v) is 6.27. The lowest BCUT2D eigenvalue weighted by atomic mass is 9.74. The van der Waals surface area contributed by atoms with Crippen molar-refractivity contribution in [3.8, 4) is 5.75 Å². The van der Waals surface area contributed by atoms with Crippen LogP contribution in [0, 0.1) is 6.92 Å². The van der Waals surface area contributed by atoms with E-state index < -0.39 is 0 Å². The van der Waals surface area contributed by atoms with Gasteiger partial charge in [0.2, 0.25) is 0 Å². The quantitative estimate of drug-likeness (QED) is 0.273. The molecular weight excluding hydrogens is 523 g/mol. The average Bonchev–Trinajstić information content (AvgIpc) is 3.18. The van der Waals surface area contributed by atoms with Gasteiger partial charge in [-0.2, -0.15) is 0 Å². The van der Waals surface area contributed by atoms with Gasteiger partial charge in [-0.1, -0.05) is 12.1 Å². The molecule has 2 N–H and O–H groups in total. The number of rotatable bonds is 9. The summed E-state index contributed by atoms with van der Waals surface area (Å²) >= 11 is 1.70. The summed E-state index contributed by atoms with van der Waals surface area (Å²) in [6, 6.07) is 8.52. The molecule has 0 amide bonds. The van der Waals surface area contributed by atoms with Gasteiger partial charge in [-0.05, 0) is 51.3 Å². The molecule has 172 valence electrons. The molecule has 0 aliphatic carbocycles. The zero-order chi connectivity index (χ0) is 21.2. The lowest BCUT2D eigenvalue weighted by molar-refractivity contribution is 0.0531. The predicted molar refractivity (Wildman–Crippen MR) is 139 cm³/mol. The second kappa shape index (κ2) is 13.2. The Morgan fingerprint density at radius 2 is 1.94 bits per heavy atom. The maximum atomic E-state index is 5.67. The molecule has 1 aromatic carbocycles. The predicted octanol–water partition coefficient (Wildman–Crippen LogP) is 4.31. The van der Waals surface area contributed by atoms with E-state index in [0.717, 1.165) is 74.5 Å². The van der Waals surface area contributed by atoms with Gasteiger partial charge in [-0.25, -0.2) is 4.98 Å². The Kier molecular flexibility index (Phi) is 11.0. The molecule has 1 fully saturated rings. The number of nitrogens with one attached hydrogen (secondary N) is 2. The van der Waals surface area contributed by atoms with Crippen LogP contribution >= 0.6 is 35.3 Å². The van der Waals surface area contributed by atoms with Gasteiger partial charge in [0.15, 0.2) is 5.96 Å². The molecule has 0 bridgehead atoms. The molecule has 0 saturated carbocycles. The smallest absolute Gasteiger partial charge is 0.191 e. The minimum Gasteiger partial charge on any atom is -0.494 e. The van der Waals surface area contributed by atoms with E-state index in [-0.39, 0.29) is 29.4 Å². The Labute approximate surface area is 207 Å². The Morgan fingerprint density at radius 1 is 1.19 bits per heavy atom. The number of hydrogen-bond donors (Lipinski definition) is 2. The SMILES string of the molecule is CCNC(=NCC1(c2ccc(OCC)cc2)CCOCC1)NCCc1csc(C)n1.I. The second-order valence-corrected chi connectivity index (χ2v) is 8.64. The number of guanidine groups is 1. The van der Waals surface area contributed by atoms with Crippen LogP contribution in [0.15, 0.2) is 34.6 Å². The van der Waals surface area contributed by atoms with Gasteiger partial charge < -0.3 is 20.1 Å². The first-order valence-corrected chi connectivity index (χ1v) is 11.8. The highest BCUT2D eigenvalue weighted by molar-refractivity contribution is 14.0. The summed E-state index contributed by atoms with van der Waals surface area (Å²) in [7, 11) is 0. The highest BCUT2D eigenvalue weighted by Crippen LogP contribution is 2.36. The van der Waals surface area contributed by atoms with Crippen molar-refractivity contribution < 1.29 is 9.47 Å². The summed E-state index contributed by atoms with van der Waals surface area (Å²) in [5, 5.41) is 10.1. The largest absolute Gasteiger partial charge is 0.494 e. The van der Waals surface area contributed by atoms with Crippen molar-refractivity contribution in [3.63, 3.8) is 0 Å². The van der Waals surface area contributed by atoms with Crippen LogP contribution < -0.4 is 15.4 Å².